The SMILES string of the molecule is Cn1c(=O)c(=O)[nH]c2ncnc(N3CC4CCC(C4)C3)c21. The first-order valence-corrected chi connectivity index (χ1v) is 7.32. The van der Waals surface area contributed by atoms with E-state index in [1.165, 1.54) is 30.2 Å². The second-order valence-electron chi connectivity index (χ2n) is 6.16. The van der Waals surface area contributed by atoms with Gasteiger partial charge >= 0.3 is 11.1 Å². The van der Waals surface area contributed by atoms with Crippen LogP contribution >= 0.6 is 0 Å². The smallest absolute Gasteiger partial charge is 0.316 e. The molecule has 1 saturated carbocycles. The van der Waals surface area contributed by atoms with E-state index in [-0.39, 0.29) is 0 Å². The van der Waals surface area contributed by atoms with Gasteiger partial charge in [0.05, 0.1) is 0 Å². The van der Waals surface area contributed by atoms with E-state index in [0.717, 1.165) is 18.9 Å². The first-order chi connectivity index (χ1) is 10.1. The predicted octanol–water partition coefficient (Wildman–Crippen LogP) is 0.253. The van der Waals surface area contributed by atoms with Crippen molar-refractivity contribution >= 4 is 17.0 Å². The Kier molecular flexibility index (Phi) is 2.63. The highest BCUT2D eigenvalue weighted by molar-refractivity contribution is 5.83. The molecular formula is C14H17N5O2. The van der Waals surface area contributed by atoms with E-state index in [1.807, 2.05) is 0 Å². The number of nitrogens with one attached hydrogen (secondary N) is 1. The van der Waals surface area contributed by atoms with Crippen LogP contribution in [-0.4, -0.2) is 32.6 Å². The number of rotatable bonds is 1. The van der Waals surface area contributed by atoms with Crippen LogP contribution in [0.15, 0.2) is 15.9 Å². The number of piperidine rings is 1. The lowest BCUT2D eigenvalue weighted by atomic mass is 9.99. The number of anilines is 1. The maximum atomic E-state index is 11.9. The molecule has 0 aromatic carbocycles. The molecule has 1 aliphatic heterocycles. The third-order valence-electron chi connectivity index (χ3n) is 4.78. The first kappa shape index (κ1) is 12.6. The van der Waals surface area contributed by atoms with Crippen molar-refractivity contribution in [1.29, 1.82) is 0 Å². The van der Waals surface area contributed by atoms with Gasteiger partial charge in [0, 0.05) is 20.1 Å². The Bertz CT molecular complexity index is 812. The molecule has 2 aromatic rings. The fourth-order valence-corrected chi connectivity index (χ4v) is 3.80. The normalized spacial score (nSPS) is 24.7. The number of hydrogen-bond donors (Lipinski definition) is 1. The number of fused-ring (bicyclic) bond motifs is 3. The average molecular weight is 287 g/mol. The van der Waals surface area contributed by atoms with Crippen molar-refractivity contribution in [2.75, 3.05) is 18.0 Å². The van der Waals surface area contributed by atoms with Crippen LogP contribution < -0.4 is 16.0 Å². The van der Waals surface area contributed by atoms with Gasteiger partial charge in [0.2, 0.25) is 0 Å². The highest BCUT2D eigenvalue weighted by Gasteiger charge is 2.34. The lowest BCUT2D eigenvalue weighted by molar-refractivity contribution is 0.419. The quantitative estimate of drug-likeness (QED) is 0.760. The Hall–Kier alpha value is -2.18. The van der Waals surface area contributed by atoms with E-state index in [1.54, 1.807) is 7.05 Å². The lowest BCUT2D eigenvalue weighted by Crippen LogP contribution is -2.39. The van der Waals surface area contributed by atoms with Gasteiger partial charge in [-0.2, -0.15) is 0 Å². The monoisotopic (exact) mass is 287 g/mol. The zero-order chi connectivity index (χ0) is 14.6. The minimum Gasteiger partial charge on any atom is -0.354 e. The van der Waals surface area contributed by atoms with Gasteiger partial charge < -0.3 is 14.5 Å². The predicted molar refractivity (Wildman–Crippen MR) is 78.4 cm³/mol. The average Bonchev–Trinajstić information content (AvgIpc) is 2.82. The molecule has 0 spiro atoms. The summed E-state index contributed by atoms with van der Waals surface area (Å²) in [5, 5.41) is 0. The molecule has 7 nitrogen and oxygen atoms in total. The molecule has 0 amide bonds. The van der Waals surface area contributed by atoms with Gasteiger partial charge in [-0.25, -0.2) is 9.97 Å². The van der Waals surface area contributed by atoms with Crippen LogP contribution in [0.4, 0.5) is 5.82 Å². The summed E-state index contributed by atoms with van der Waals surface area (Å²) in [7, 11) is 1.60. The van der Waals surface area contributed by atoms with Crippen LogP contribution in [0.1, 0.15) is 19.3 Å². The van der Waals surface area contributed by atoms with Crippen LogP contribution in [0.3, 0.4) is 0 Å². The maximum absolute atomic E-state index is 11.9. The van der Waals surface area contributed by atoms with Gasteiger partial charge in [-0.1, -0.05) is 0 Å². The Morgan fingerprint density at radius 1 is 1.19 bits per heavy atom. The molecule has 1 N–H and O–H groups in total. The summed E-state index contributed by atoms with van der Waals surface area (Å²) in [6, 6.07) is 0. The second-order valence-corrected chi connectivity index (χ2v) is 6.16. The molecule has 4 rings (SSSR count). The van der Waals surface area contributed by atoms with Crippen molar-refractivity contribution in [3.63, 3.8) is 0 Å². The summed E-state index contributed by atoms with van der Waals surface area (Å²) >= 11 is 0. The summed E-state index contributed by atoms with van der Waals surface area (Å²) < 4.78 is 1.36. The molecule has 2 fully saturated rings. The standard InChI is InChI=1S/C14H17N5O2/c1-18-10-11(17-13(20)14(18)21)15-7-16-12(10)19-5-8-2-3-9(4-8)6-19/h7-9H,2-6H2,1H3,(H,15,16,17,20). The van der Waals surface area contributed by atoms with Crippen molar-refractivity contribution < 1.29 is 0 Å². The van der Waals surface area contributed by atoms with Gasteiger partial charge in [0.25, 0.3) is 0 Å². The molecular weight excluding hydrogens is 270 g/mol. The summed E-state index contributed by atoms with van der Waals surface area (Å²) in [6.45, 7) is 1.94. The molecule has 2 atom stereocenters. The van der Waals surface area contributed by atoms with E-state index in [9.17, 15) is 9.59 Å². The molecule has 7 heteroatoms. The van der Waals surface area contributed by atoms with Crippen molar-refractivity contribution in [1.82, 2.24) is 19.5 Å². The van der Waals surface area contributed by atoms with Crippen LogP contribution in [-0.2, 0) is 7.05 Å². The minimum absolute atomic E-state index is 0.421. The third-order valence-corrected chi connectivity index (χ3v) is 4.78. The van der Waals surface area contributed by atoms with Gasteiger partial charge in [-0.3, -0.25) is 9.59 Å². The van der Waals surface area contributed by atoms with Crippen molar-refractivity contribution in [3.05, 3.63) is 27.0 Å². The van der Waals surface area contributed by atoms with Crippen molar-refractivity contribution in [2.45, 2.75) is 19.3 Å². The topological polar surface area (TPSA) is 83.9 Å². The fraction of sp³-hybridized carbons (Fsp3) is 0.571. The van der Waals surface area contributed by atoms with E-state index in [4.69, 9.17) is 0 Å². The van der Waals surface area contributed by atoms with Crippen LogP contribution in [0.25, 0.3) is 11.2 Å². The Balaban J connectivity index is 1.91. The Morgan fingerprint density at radius 2 is 1.90 bits per heavy atom. The highest BCUT2D eigenvalue weighted by atomic mass is 16.2. The van der Waals surface area contributed by atoms with E-state index in [0.29, 0.717) is 23.0 Å². The number of aryl methyl sites for hydroxylation is 1. The molecule has 110 valence electrons. The number of nitrogens with zero attached hydrogens (tertiary/aromatic N) is 4. The Morgan fingerprint density at radius 3 is 2.62 bits per heavy atom. The highest BCUT2D eigenvalue weighted by Crippen LogP contribution is 2.38. The largest absolute Gasteiger partial charge is 0.354 e. The number of H-pyrrole nitrogens is 1. The molecule has 2 unspecified atom stereocenters. The van der Waals surface area contributed by atoms with Crippen molar-refractivity contribution in [3.8, 4) is 0 Å². The summed E-state index contributed by atoms with van der Waals surface area (Å²) in [5.41, 5.74) is -0.180. The molecule has 2 aromatic heterocycles. The number of aromatic amines is 1. The van der Waals surface area contributed by atoms with Crippen LogP contribution in [0, 0.1) is 11.8 Å². The molecule has 0 radical (unpaired) electrons. The molecule has 1 aliphatic carbocycles. The maximum Gasteiger partial charge on any atom is 0.316 e. The van der Waals surface area contributed by atoms with Gasteiger partial charge in [0.15, 0.2) is 11.5 Å². The summed E-state index contributed by atoms with van der Waals surface area (Å²) in [5.74, 6) is 2.19. The second kappa shape index (κ2) is 4.41. The lowest BCUT2D eigenvalue weighted by Gasteiger charge is -2.33. The summed E-state index contributed by atoms with van der Waals surface area (Å²) in [6.07, 6.45) is 5.31. The van der Waals surface area contributed by atoms with Crippen molar-refractivity contribution in [2.24, 2.45) is 18.9 Å². The number of hydrogen-bond acceptors (Lipinski definition) is 5. The number of aromatic nitrogens is 4. The Labute approximate surface area is 120 Å². The zero-order valence-electron chi connectivity index (χ0n) is 11.9. The molecule has 3 heterocycles. The minimum atomic E-state index is -0.645. The van der Waals surface area contributed by atoms with E-state index >= 15 is 0 Å². The zero-order valence-corrected chi connectivity index (χ0v) is 11.9. The van der Waals surface area contributed by atoms with Crippen LogP contribution in [0.5, 0.6) is 0 Å². The summed E-state index contributed by atoms with van der Waals surface area (Å²) in [4.78, 5) is 36.8. The van der Waals surface area contributed by atoms with E-state index in [2.05, 4.69) is 19.9 Å². The van der Waals surface area contributed by atoms with Gasteiger partial charge in [-0.05, 0) is 31.1 Å². The van der Waals surface area contributed by atoms with Crippen LogP contribution in [0.2, 0.25) is 0 Å². The fourth-order valence-electron chi connectivity index (χ4n) is 3.80. The molecule has 2 aliphatic rings. The van der Waals surface area contributed by atoms with Gasteiger partial charge in [0.1, 0.15) is 11.8 Å². The first-order valence-electron chi connectivity index (χ1n) is 7.32. The van der Waals surface area contributed by atoms with E-state index < -0.39 is 11.1 Å². The molecule has 21 heavy (non-hydrogen) atoms. The molecule has 1 saturated heterocycles. The third kappa shape index (κ3) is 1.87. The van der Waals surface area contributed by atoms with Gasteiger partial charge in [-0.15, -0.1) is 0 Å². The molecule has 2 bridgehead atoms.